The van der Waals surface area contributed by atoms with Crippen LogP contribution in [0.1, 0.15) is 310 Å². The molecule has 66 heavy (non-hydrogen) atoms. The highest BCUT2D eigenvalue weighted by molar-refractivity contribution is 5.71. The molecule has 0 bridgehead atoms. The summed E-state index contributed by atoms with van der Waals surface area (Å²) in [6.45, 7) is 6.65. The lowest BCUT2D eigenvalue weighted by molar-refractivity contribution is -0.167. The van der Waals surface area contributed by atoms with E-state index < -0.39 is 6.10 Å². The first kappa shape index (κ1) is 63.6. The monoisotopic (exact) mass is 927 g/mol. The fourth-order valence-corrected chi connectivity index (χ4v) is 8.56. The molecule has 0 rings (SSSR count). The molecule has 1 unspecified atom stereocenters. The molecule has 0 saturated heterocycles. The predicted octanol–water partition coefficient (Wildman–Crippen LogP) is 19.3. The topological polar surface area (TPSA) is 78.9 Å². The molecule has 1 atom stereocenters. The van der Waals surface area contributed by atoms with E-state index in [9.17, 15) is 14.4 Å². The van der Waals surface area contributed by atoms with Crippen LogP contribution in [0.3, 0.4) is 0 Å². The molecular weight excluding hydrogens is 817 g/mol. The summed E-state index contributed by atoms with van der Waals surface area (Å²) >= 11 is 0. The van der Waals surface area contributed by atoms with Crippen LogP contribution in [0.2, 0.25) is 0 Å². The van der Waals surface area contributed by atoms with E-state index in [1.54, 1.807) is 0 Å². The Kier molecular flexibility index (Phi) is 53.2. The summed E-state index contributed by atoms with van der Waals surface area (Å²) in [5.41, 5.74) is 0. The summed E-state index contributed by atoms with van der Waals surface area (Å²) in [6.07, 6.45) is 65.6. The summed E-state index contributed by atoms with van der Waals surface area (Å²) in [5, 5.41) is 0. The van der Waals surface area contributed by atoms with Gasteiger partial charge in [0.15, 0.2) is 6.10 Å². The maximum absolute atomic E-state index is 12.9. The molecule has 0 aliphatic heterocycles. The third kappa shape index (κ3) is 52.6. The van der Waals surface area contributed by atoms with E-state index >= 15 is 0 Å². The van der Waals surface area contributed by atoms with Gasteiger partial charge in [0.05, 0.1) is 0 Å². The van der Waals surface area contributed by atoms with Gasteiger partial charge in [-0.15, -0.1) is 0 Å². The summed E-state index contributed by atoms with van der Waals surface area (Å²) in [5.74, 6) is -0.876. The van der Waals surface area contributed by atoms with Crippen molar-refractivity contribution in [1.29, 1.82) is 0 Å². The zero-order valence-electron chi connectivity index (χ0n) is 44.2. The zero-order valence-corrected chi connectivity index (χ0v) is 44.2. The third-order valence-corrected chi connectivity index (χ3v) is 13.0. The van der Waals surface area contributed by atoms with Crippen molar-refractivity contribution in [1.82, 2.24) is 0 Å². The van der Waals surface area contributed by atoms with Crippen LogP contribution in [0, 0.1) is 0 Å². The Bertz CT molecular complexity index is 1110. The summed E-state index contributed by atoms with van der Waals surface area (Å²) in [4.78, 5) is 38.1. The number of unbranched alkanes of at least 4 members (excludes halogenated alkanes) is 38. The van der Waals surface area contributed by atoms with Crippen molar-refractivity contribution in [2.45, 2.75) is 316 Å². The molecule has 386 valence electrons. The molecule has 0 fully saturated rings. The highest BCUT2D eigenvalue weighted by Crippen LogP contribution is 2.17. The standard InChI is InChI=1S/C60H110O6/c1-4-7-10-13-16-19-22-25-27-29-31-33-35-38-41-44-47-50-53-59(62)65-56-57(55-64-58(61)52-49-46-43-40-37-24-21-18-15-12-9-6-3)66-60(63)54-51-48-45-42-39-36-34-32-30-28-26-23-20-17-14-11-8-5-2/h22,25,27,29,31,33,57H,4-21,23-24,26,28,30,32,34-56H2,1-3H3/b25-22-,29-27-,33-31-. The Labute approximate surface area is 410 Å². The van der Waals surface area contributed by atoms with E-state index in [0.29, 0.717) is 19.3 Å². The van der Waals surface area contributed by atoms with Gasteiger partial charge in [0.25, 0.3) is 0 Å². The quantitative estimate of drug-likeness (QED) is 0.0262. The molecule has 6 heteroatoms. The van der Waals surface area contributed by atoms with Crippen molar-refractivity contribution in [3.05, 3.63) is 36.5 Å². The number of carbonyl (C=O) groups is 3. The van der Waals surface area contributed by atoms with Gasteiger partial charge >= 0.3 is 17.9 Å². The number of esters is 3. The maximum Gasteiger partial charge on any atom is 0.306 e. The number of carbonyl (C=O) groups excluding carboxylic acids is 3. The SMILES string of the molecule is CCCCCCC\C=C/C=C\C=C/CCCCCCCC(=O)OCC(COC(=O)CCCCCCCCCCCCCC)OC(=O)CCCCCCCCCCCCCCCCCCCC. The fraction of sp³-hybridized carbons (Fsp3) is 0.850. The van der Waals surface area contributed by atoms with Gasteiger partial charge < -0.3 is 14.2 Å². The molecule has 6 nitrogen and oxygen atoms in total. The molecule has 0 N–H and O–H groups in total. The second kappa shape index (κ2) is 55.2. The number of hydrogen-bond donors (Lipinski definition) is 0. The van der Waals surface area contributed by atoms with Gasteiger partial charge in [0.1, 0.15) is 13.2 Å². The molecule has 0 aromatic heterocycles. The summed E-state index contributed by atoms with van der Waals surface area (Å²) < 4.78 is 16.9. The van der Waals surface area contributed by atoms with Gasteiger partial charge in [0.2, 0.25) is 0 Å². The van der Waals surface area contributed by atoms with E-state index in [-0.39, 0.29) is 31.1 Å². The van der Waals surface area contributed by atoms with Crippen molar-refractivity contribution in [2.24, 2.45) is 0 Å². The first-order chi connectivity index (χ1) is 32.5. The van der Waals surface area contributed by atoms with Crippen molar-refractivity contribution < 1.29 is 28.6 Å². The van der Waals surface area contributed by atoms with E-state index in [2.05, 4.69) is 57.2 Å². The van der Waals surface area contributed by atoms with Crippen LogP contribution in [0.15, 0.2) is 36.5 Å². The summed E-state index contributed by atoms with van der Waals surface area (Å²) in [6, 6.07) is 0. The number of rotatable bonds is 53. The molecule has 0 amide bonds. The fourth-order valence-electron chi connectivity index (χ4n) is 8.56. The maximum atomic E-state index is 12.9. The normalized spacial score (nSPS) is 12.2. The smallest absolute Gasteiger partial charge is 0.306 e. The molecule has 0 aliphatic rings. The minimum atomic E-state index is -0.776. The van der Waals surface area contributed by atoms with Gasteiger partial charge in [-0.25, -0.2) is 0 Å². The van der Waals surface area contributed by atoms with Crippen LogP contribution in [-0.4, -0.2) is 37.2 Å². The van der Waals surface area contributed by atoms with E-state index in [1.807, 2.05) is 0 Å². The predicted molar refractivity (Wildman–Crippen MR) is 284 cm³/mol. The van der Waals surface area contributed by atoms with Crippen LogP contribution in [0.25, 0.3) is 0 Å². The number of allylic oxidation sites excluding steroid dienone is 6. The van der Waals surface area contributed by atoms with E-state index in [0.717, 1.165) is 77.0 Å². The van der Waals surface area contributed by atoms with E-state index in [4.69, 9.17) is 14.2 Å². The molecule has 0 aromatic rings. The molecule has 0 heterocycles. The summed E-state index contributed by atoms with van der Waals surface area (Å²) in [7, 11) is 0. The van der Waals surface area contributed by atoms with Crippen LogP contribution < -0.4 is 0 Å². The van der Waals surface area contributed by atoms with Crippen LogP contribution in [-0.2, 0) is 28.6 Å². The Hall–Kier alpha value is -2.37. The Balaban J connectivity index is 4.35. The Morgan fingerprint density at radius 2 is 0.545 bits per heavy atom. The second-order valence-corrected chi connectivity index (χ2v) is 19.6. The molecular formula is C60H110O6. The highest BCUT2D eigenvalue weighted by Gasteiger charge is 2.19. The zero-order chi connectivity index (χ0) is 47.9. The number of hydrogen-bond acceptors (Lipinski definition) is 6. The first-order valence-electron chi connectivity index (χ1n) is 29.0. The van der Waals surface area contributed by atoms with Crippen molar-refractivity contribution >= 4 is 17.9 Å². The van der Waals surface area contributed by atoms with Gasteiger partial charge in [-0.1, -0.05) is 282 Å². The van der Waals surface area contributed by atoms with E-state index in [1.165, 1.54) is 193 Å². The molecule has 0 aliphatic carbocycles. The van der Waals surface area contributed by atoms with Gasteiger partial charge in [-0.3, -0.25) is 14.4 Å². The van der Waals surface area contributed by atoms with Crippen LogP contribution in [0.4, 0.5) is 0 Å². The Morgan fingerprint density at radius 3 is 0.833 bits per heavy atom. The lowest BCUT2D eigenvalue weighted by Crippen LogP contribution is -2.30. The second-order valence-electron chi connectivity index (χ2n) is 19.6. The molecule has 0 aromatic carbocycles. The van der Waals surface area contributed by atoms with Crippen molar-refractivity contribution in [3.8, 4) is 0 Å². The molecule has 0 saturated carbocycles. The first-order valence-corrected chi connectivity index (χ1v) is 29.0. The minimum absolute atomic E-state index is 0.0740. The number of ether oxygens (including phenoxy) is 3. The largest absolute Gasteiger partial charge is 0.462 e. The lowest BCUT2D eigenvalue weighted by atomic mass is 10.0. The third-order valence-electron chi connectivity index (χ3n) is 13.0. The molecule has 0 radical (unpaired) electrons. The van der Waals surface area contributed by atoms with Gasteiger partial charge in [-0.05, 0) is 44.9 Å². The average molecular weight is 928 g/mol. The minimum Gasteiger partial charge on any atom is -0.462 e. The highest BCUT2D eigenvalue weighted by atomic mass is 16.6. The van der Waals surface area contributed by atoms with Crippen molar-refractivity contribution in [2.75, 3.05) is 13.2 Å². The van der Waals surface area contributed by atoms with Crippen molar-refractivity contribution in [3.63, 3.8) is 0 Å². The van der Waals surface area contributed by atoms with Crippen LogP contribution >= 0.6 is 0 Å². The molecule has 0 spiro atoms. The van der Waals surface area contributed by atoms with Gasteiger partial charge in [0, 0.05) is 19.3 Å². The average Bonchev–Trinajstić information content (AvgIpc) is 3.31. The van der Waals surface area contributed by atoms with Gasteiger partial charge in [-0.2, -0.15) is 0 Å². The Morgan fingerprint density at radius 1 is 0.303 bits per heavy atom. The van der Waals surface area contributed by atoms with Crippen LogP contribution in [0.5, 0.6) is 0 Å². The lowest BCUT2D eigenvalue weighted by Gasteiger charge is -2.18.